The number of rotatable bonds is 4. The second kappa shape index (κ2) is 8.12. The van der Waals surface area contributed by atoms with Crippen molar-refractivity contribution in [3.05, 3.63) is 36.9 Å². The standard InChI is InChI=1S/C18H28B8N6O2/c1-31-7-11(6-29-31)12-2-9-3-13(28-5-10(9)4-27-12)30-14(33)8-32-15(19,20)17(23,24)34-18(25,26)16(32,21)22/h2-7H,8,19-26H2,1H3,(H,28,30,33). The van der Waals surface area contributed by atoms with Crippen molar-refractivity contribution in [3.8, 4) is 11.3 Å². The van der Waals surface area contributed by atoms with E-state index in [9.17, 15) is 4.79 Å². The van der Waals surface area contributed by atoms with Gasteiger partial charge in [-0.3, -0.25) is 14.5 Å². The van der Waals surface area contributed by atoms with Crippen LogP contribution in [-0.4, -0.2) is 121 Å². The number of amides is 1. The molecule has 4 rings (SSSR count). The van der Waals surface area contributed by atoms with Gasteiger partial charge < -0.3 is 15.0 Å². The fraction of sp³-hybridized carbons (Fsp3) is 0.333. The predicted molar refractivity (Wildman–Crippen MR) is 157 cm³/mol. The SMILES string of the molecule is BC1(B)OC(B)(B)C(B)(B)N(CC(=O)Nc2cc3cc(-c4cnn(C)c4)ncc3cn2)C1(B)B. The second-order valence-electron chi connectivity index (χ2n) is 11.3. The molecular formula is C18H28B8N6O2. The highest BCUT2D eigenvalue weighted by Gasteiger charge is 2.58. The van der Waals surface area contributed by atoms with Crippen molar-refractivity contribution in [2.75, 3.05) is 11.9 Å². The molecule has 1 aliphatic rings. The lowest BCUT2D eigenvalue weighted by Crippen LogP contribution is -2.86. The van der Waals surface area contributed by atoms with Crippen LogP contribution in [0.25, 0.3) is 22.0 Å². The zero-order chi connectivity index (χ0) is 25.1. The van der Waals surface area contributed by atoms with Gasteiger partial charge in [0.15, 0.2) is 0 Å². The Morgan fingerprint density at radius 2 is 1.56 bits per heavy atom. The van der Waals surface area contributed by atoms with Crippen LogP contribution in [0.1, 0.15) is 0 Å². The van der Waals surface area contributed by atoms with E-state index in [-0.39, 0.29) is 23.1 Å². The molecule has 8 nitrogen and oxygen atoms in total. The van der Waals surface area contributed by atoms with Gasteiger partial charge in [0.25, 0.3) is 0 Å². The number of nitrogens with one attached hydrogen (secondary N) is 1. The van der Waals surface area contributed by atoms with E-state index in [2.05, 4.69) is 88.1 Å². The number of carbonyl (C=O) groups is 1. The number of anilines is 1. The van der Waals surface area contributed by atoms with Crippen molar-refractivity contribution >= 4 is 85.3 Å². The van der Waals surface area contributed by atoms with Gasteiger partial charge in [0, 0.05) is 47.4 Å². The van der Waals surface area contributed by atoms with Gasteiger partial charge in [0.05, 0.1) is 18.4 Å². The largest absolute Gasteiger partial charge is 0.403 e. The molecule has 0 radical (unpaired) electrons. The first-order chi connectivity index (χ1) is 15.6. The maximum Gasteiger partial charge on any atom is 0.239 e. The molecule has 0 atom stereocenters. The Bertz CT molecular complexity index is 1240. The van der Waals surface area contributed by atoms with Crippen molar-refractivity contribution < 1.29 is 9.53 Å². The molecule has 3 aromatic heterocycles. The third-order valence-corrected chi connectivity index (χ3v) is 7.98. The minimum atomic E-state index is -0.441. The van der Waals surface area contributed by atoms with Crippen LogP contribution < -0.4 is 5.32 Å². The second-order valence-corrected chi connectivity index (χ2v) is 11.3. The van der Waals surface area contributed by atoms with E-state index in [1.165, 1.54) is 0 Å². The summed E-state index contributed by atoms with van der Waals surface area (Å²) in [5.41, 5.74) is 1.76. The summed E-state index contributed by atoms with van der Waals surface area (Å²) >= 11 is 0. The first-order valence-corrected chi connectivity index (χ1v) is 11.7. The Balaban J connectivity index is 1.58. The van der Waals surface area contributed by atoms with Gasteiger partial charge in [-0.25, -0.2) is 4.98 Å². The molecule has 1 saturated heterocycles. The summed E-state index contributed by atoms with van der Waals surface area (Å²) in [5.74, 6) is 0.409. The zero-order valence-corrected chi connectivity index (χ0v) is 21.7. The van der Waals surface area contributed by atoms with Gasteiger partial charge >= 0.3 is 0 Å². The van der Waals surface area contributed by atoms with Crippen molar-refractivity contribution in [3.63, 3.8) is 0 Å². The van der Waals surface area contributed by atoms with Gasteiger partial charge in [-0.05, 0) is 28.2 Å². The summed E-state index contributed by atoms with van der Waals surface area (Å²) < 4.78 is 8.27. The number of carbonyl (C=O) groups excluding carboxylic acids is 1. The van der Waals surface area contributed by atoms with Gasteiger partial charge in [0.2, 0.25) is 5.91 Å². The Hall–Kier alpha value is -2.32. The van der Waals surface area contributed by atoms with Crippen LogP contribution in [0, 0.1) is 0 Å². The van der Waals surface area contributed by atoms with E-state index in [1.807, 2.05) is 25.4 Å². The molecule has 0 bridgehead atoms. The smallest absolute Gasteiger partial charge is 0.239 e. The van der Waals surface area contributed by atoms with Crippen molar-refractivity contribution in [1.82, 2.24) is 24.6 Å². The Kier molecular flexibility index (Phi) is 5.92. The van der Waals surface area contributed by atoms with Gasteiger partial charge in [-0.15, -0.1) is 0 Å². The van der Waals surface area contributed by atoms with E-state index in [0.717, 1.165) is 22.0 Å². The summed E-state index contributed by atoms with van der Waals surface area (Å²) in [6, 6.07) is 3.88. The minimum absolute atomic E-state index is 0.108. The summed E-state index contributed by atoms with van der Waals surface area (Å²) in [7, 11) is 18.8. The van der Waals surface area contributed by atoms with Gasteiger partial charge in [0.1, 0.15) is 68.6 Å². The van der Waals surface area contributed by atoms with Crippen LogP contribution >= 0.6 is 0 Å². The third-order valence-electron chi connectivity index (χ3n) is 7.98. The average molecular weight is 447 g/mol. The monoisotopic (exact) mass is 448 g/mol. The van der Waals surface area contributed by atoms with Crippen LogP contribution in [0.5, 0.6) is 0 Å². The molecule has 3 aromatic rings. The maximum absolute atomic E-state index is 13.2. The molecular weight excluding hydrogens is 419 g/mol. The highest BCUT2D eigenvalue weighted by atomic mass is 16.5. The van der Waals surface area contributed by atoms with Crippen molar-refractivity contribution in [2.45, 2.75) is 21.5 Å². The average Bonchev–Trinajstić information content (AvgIpc) is 3.16. The molecule has 166 valence electrons. The minimum Gasteiger partial charge on any atom is -0.403 e. The molecule has 0 aliphatic carbocycles. The topological polar surface area (TPSA) is 85.2 Å². The number of aryl methyl sites for hydroxylation is 1. The summed E-state index contributed by atoms with van der Waals surface area (Å²) in [6.07, 6.45) is 7.23. The fourth-order valence-electron chi connectivity index (χ4n) is 4.78. The van der Waals surface area contributed by atoms with E-state index in [4.69, 9.17) is 4.74 Å². The molecule has 16 heteroatoms. The molecule has 0 spiro atoms. The summed E-state index contributed by atoms with van der Waals surface area (Å²) in [6.45, 7) is 0.229. The number of morpholine rings is 1. The fourth-order valence-corrected chi connectivity index (χ4v) is 4.78. The lowest BCUT2D eigenvalue weighted by molar-refractivity contribution is -0.131. The number of hydrogen-bond acceptors (Lipinski definition) is 6. The molecule has 34 heavy (non-hydrogen) atoms. The van der Waals surface area contributed by atoms with E-state index in [1.54, 1.807) is 23.3 Å². The number of ether oxygens (including phenoxy) is 1. The molecule has 0 aromatic carbocycles. The lowest BCUT2D eigenvalue weighted by Gasteiger charge is -2.68. The van der Waals surface area contributed by atoms with E-state index >= 15 is 0 Å². The van der Waals surface area contributed by atoms with Gasteiger partial charge in [-0.2, -0.15) is 5.10 Å². The molecule has 1 aliphatic heterocycles. The molecule has 1 N–H and O–H groups in total. The zero-order valence-electron chi connectivity index (χ0n) is 21.7. The normalized spacial score (nSPS) is 20.6. The molecule has 1 amide bonds. The highest BCUT2D eigenvalue weighted by molar-refractivity contribution is 6.59. The Morgan fingerprint density at radius 3 is 2.15 bits per heavy atom. The van der Waals surface area contributed by atoms with Crippen LogP contribution in [0.15, 0.2) is 36.9 Å². The first kappa shape index (κ1) is 24.8. The number of fused-ring (bicyclic) bond motifs is 1. The van der Waals surface area contributed by atoms with Crippen LogP contribution in [0.2, 0.25) is 0 Å². The molecule has 1 fully saturated rings. The van der Waals surface area contributed by atoms with Crippen molar-refractivity contribution in [1.29, 1.82) is 0 Å². The van der Waals surface area contributed by atoms with Crippen LogP contribution in [0.3, 0.4) is 0 Å². The first-order valence-electron chi connectivity index (χ1n) is 11.7. The number of pyridine rings is 2. The quantitative estimate of drug-likeness (QED) is 0.401. The number of hydrogen-bond donors (Lipinski definition) is 1. The van der Waals surface area contributed by atoms with Gasteiger partial charge in [-0.1, -0.05) is 0 Å². The lowest BCUT2D eigenvalue weighted by atomic mass is 9.30. The van der Waals surface area contributed by atoms with Crippen LogP contribution in [0.4, 0.5) is 5.82 Å². The molecule has 0 saturated carbocycles. The van der Waals surface area contributed by atoms with Crippen LogP contribution in [-0.2, 0) is 16.6 Å². The maximum atomic E-state index is 13.2. The van der Waals surface area contributed by atoms with E-state index in [0.29, 0.717) is 5.82 Å². The number of nitrogens with zero attached hydrogens (tertiary/aromatic N) is 5. The third kappa shape index (κ3) is 4.15. The molecule has 0 unspecified atom stereocenters. The number of aromatic nitrogens is 4. The Morgan fingerprint density at radius 1 is 0.941 bits per heavy atom. The predicted octanol–water partition coefficient (Wildman–Crippen LogP) is -7.02. The van der Waals surface area contributed by atoms with E-state index < -0.39 is 10.8 Å². The highest BCUT2D eigenvalue weighted by Crippen LogP contribution is 2.39. The van der Waals surface area contributed by atoms with Crippen molar-refractivity contribution in [2.24, 2.45) is 7.05 Å². The molecule has 4 heterocycles. The Labute approximate surface area is 208 Å². The summed E-state index contributed by atoms with van der Waals surface area (Å²) in [5, 5.41) is 7.46. The summed E-state index contributed by atoms with van der Waals surface area (Å²) in [4.78, 5) is 24.5.